The zero-order valence-electron chi connectivity index (χ0n) is 23.2. The zero-order chi connectivity index (χ0) is 31.8. The lowest BCUT2D eigenvalue weighted by Crippen LogP contribution is -2.31. The number of aromatic carboxylic acids is 1. The molecular weight excluding hydrogens is 599 g/mol. The topological polar surface area (TPSA) is 110 Å². The van der Waals surface area contributed by atoms with Gasteiger partial charge in [0.05, 0.1) is 35.0 Å². The standard InChI is InChI=1S/C32H21F5N4O4/c33-22-9-19(23(34)8-18(22)13-38)15-45-30-3-1-2-27(39-30)21-12-24(35)16(6-25(21)36)11-29-40-31-26(37)7-17(32(42)43)10-28(31)41(29)14-20-4-5-44-20/h1-3,6-10,12,20H,4-5,11,14-15H2,(H,42,43)/t20-/m0/s1. The number of benzene rings is 3. The third kappa shape index (κ3) is 5.92. The number of nitriles is 1. The SMILES string of the molecule is N#Cc1cc(F)c(COc2cccc(-c3cc(F)c(Cc4nc5c(F)cc(C(=O)O)cc5n4C[C@@H]4CCO4)cc3F)n2)cc1F. The lowest BCUT2D eigenvalue weighted by molar-refractivity contribution is -0.0589. The first-order valence-corrected chi connectivity index (χ1v) is 13.6. The highest BCUT2D eigenvalue weighted by Crippen LogP contribution is 2.30. The fourth-order valence-corrected chi connectivity index (χ4v) is 5.00. The summed E-state index contributed by atoms with van der Waals surface area (Å²) < 4.78 is 86.4. The number of pyridine rings is 1. The lowest BCUT2D eigenvalue weighted by Gasteiger charge is -2.27. The maximum absolute atomic E-state index is 15.5. The van der Waals surface area contributed by atoms with Crippen molar-refractivity contribution in [3.05, 3.63) is 112 Å². The first-order valence-electron chi connectivity index (χ1n) is 13.6. The summed E-state index contributed by atoms with van der Waals surface area (Å²) >= 11 is 0. The van der Waals surface area contributed by atoms with Gasteiger partial charge in [-0.3, -0.25) is 0 Å². The van der Waals surface area contributed by atoms with Crippen LogP contribution in [0.5, 0.6) is 5.88 Å². The van der Waals surface area contributed by atoms with Crippen molar-refractivity contribution >= 4 is 17.0 Å². The monoisotopic (exact) mass is 620 g/mol. The molecule has 6 rings (SSSR count). The molecule has 228 valence electrons. The molecule has 1 aliphatic rings. The largest absolute Gasteiger partial charge is 0.478 e. The minimum Gasteiger partial charge on any atom is -0.478 e. The second-order valence-electron chi connectivity index (χ2n) is 10.3. The highest BCUT2D eigenvalue weighted by molar-refractivity contribution is 5.92. The van der Waals surface area contributed by atoms with E-state index in [9.17, 15) is 23.1 Å². The van der Waals surface area contributed by atoms with E-state index in [4.69, 9.17) is 14.7 Å². The first kappa shape index (κ1) is 29.7. The molecular formula is C32H21F5N4O4. The minimum absolute atomic E-state index is 0.000396. The lowest BCUT2D eigenvalue weighted by atomic mass is 10.0. The number of hydrogen-bond donors (Lipinski definition) is 1. The molecule has 1 saturated heterocycles. The summed E-state index contributed by atoms with van der Waals surface area (Å²) in [6.45, 7) is 0.308. The molecule has 0 aliphatic carbocycles. The Hall–Kier alpha value is -5.35. The summed E-state index contributed by atoms with van der Waals surface area (Å²) in [7, 11) is 0. The van der Waals surface area contributed by atoms with Crippen LogP contribution in [0.3, 0.4) is 0 Å². The molecule has 1 fully saturated rings. The van der Waals surface area contributed by atoms with Crippen molar-refractivity contribution in [1.82, 2.24) is 14.5 Å². The van der Waals surface area contributed by atoms with Crippen LogP contribution in [-0.2, 0) is 24.3 Å². The molecule has 5 aromatic rings. The molecule has 8 nitrogen and oxygen atoms in total. The molecule has 0 amide bonds. The predicted molar refractivity (Wildman–Crippen MR) is 149 cm³/mol. The Kier molecular flexibility index (Phi) is 7.90. The molecule has 1 aliphatic heterocycles. The van der Waals surface area contributed by atoms with Gasteiger partial charge in [-0.2, -0.15) is 5.26 Å². The van der Waals surface area contributed by atoms with Crippen LogP contribution in [-0.4, -0.2) is 38.3 Å². The van der Waals surface area contributed by atoms with Crippen molar-refractivity contribution in [3.8, 4) is 23.2 Å². The summed E-state index contributed by atoms with van der Waals surface area (Å²) in [5.74, 6) is -5.48. The zero-order valence-corrected chi connectivity index (χ0v) is 23.2. The van der Waals surface area contributed by atoms with E-state index in [0.29, 0.717) is 13.0 Å². The van der Waals surface area contributed by atoms with E-state index in [2.05, 4.69) is 9.97 Å². The normalized spacial score (nSPS) is 14.3. The van der Waals surface area contributed by atoms with E-state index >= 15 is 8.78 Å². The van der Waals surface area contributed by atoms with Gasteiger partial charge in [-0.05, 0) is 54.4 Å². The molecule has 1 atom stereocenters. The van der Waals surface area contributed by atoms with Gasteiger partial charge in [0.2, 0.25) is 5.88 Å². The van der Waals surface area contributed by atoms with E-state index in [0.717, 1.165) is 30.3 Å². The maximum atomic E-state index is 15.5. The van der Waals surface area contributed by atoms with Crippen molar-refractivity contribution in [2.75, 3.05) is 6.61 Å². The van der Waals surface area contributed by atoms with Crippen LogP contribution in [0.15, 0.2) is 54.6 Å². The summed E-state index contributed by atoms with van der Waals surface area (Å²) in [6, 6.07) is 11.4. The number of carboxylic acid groups (broad SMARTS) is 1. The van der Waals surface area contributed by atoms with E-state index < -0.39 is 47.2 Å². The summed E-state index contributed by atoms with van der Waals surface area (Å²) in [6.07, 6.45) is 0.248. The van der Waals surface area contributed by atoms with E-state index in [-0.39, 0.29) is 69.8 Å². The van der Waals surface area contributed by atoms with Crippen LogP contribution in [0.25, 0.3) is 22.3 Å². The maximum Gasteiger partial charge on any atom is 0.335 e. The minimum atomic E-state index is -1.33. The van der Waals surface area contributed by atoms with Crippen LogP contribution in [0.1, 0.15) is 39.3 Å². The Labute approximate surface area is 251 Å². The van der Waals surface area contributed by atoms with Crippen LogP contribution < -0.4 is 4.74 Å². The fraction of sp³-hybridized carbons (Fsp3) is 0.188. The number of halogens is 5. The molecule has 0 spiro atoms. The molecule has 13 heteroatoms. The number of fused-ring (bicyclic) bond motifs is 1. The van der Waals surface area contributed by atoms with Crippen LogP contribution in [0, 0.1) is 40.4 Å². The number of carboxylic acids is 1. The van der Waals surface area contributed by atoms with E-state index in [1.165, 1.54) is 24.3 Å². The molecule has 1 N–H and O–H groups in total. The number of nitrogens with zero attached hydrogens (tertiary/aromatic N) is 4. The molecule has 2 aromatic heterocycles. The van der Waals surface area contributed by atoms with Gasteiger partial charge in [0.1, 0.15) is 47.3 Å². The number of aromatic nitrogens is 3. The van der Waals surface area contributed by atoms with Gasteiger partial charge in [0, 0.05) is 30.2 Å². The Morgan fingerprint density at radius 2 is 1.73 bits per heavy atom. The third-order valence-corrected chi connectivity index (χ3v) is 7.43. The van der Waals surface area contributed by atoms with Crippen LogP contribution in [0.2, 0.25) is 0 Å². The van der Waals surface area contributed by atoms with Gasteiger partial charge in [-0.1, -0.05) is 6.07 Å². The van der Waals surface area contributed by atoms with Gasteiger partial charge < -0.3 is 19.1 Å². The number of imidazole rings is 1. The molecule has 0 radical (unpaired) electrons. The predicted octanol–water partition coefficient (Wildman–Crippen LogP) is 6.32. The molecule has 3 aromatic carbocycles. The van der Waals surface area contributed by atoms with Gasteiger partial charge in [0.15, 0.2) is 5.82 Å². The van der Waals surface area contributed by atoms with Crippen LogP contribution >= 0.6 is 0 Å². The van der Waals surface area contributed by atoms with Gasteiger partial charge in [-0.15, -0.1) is 0 Å². The second-order valence-corrected chi connectivity index (χ2v) is 10.3. The summed E-state index contributed by atoms with van der Waals surface area (Å²) in [4.78, 5) is 20.0. The number of ether oxygens (including phenoxy) is 2. The molecule has 0 saturated carbocycles. The number of hydrogen-bond acceptors (Lipinski definition) is 6. The van der Waals surface area contributed by atoms with E-state index in [1.54, 1.807) is 10.6 Å². The van der Waals surface area contributed by atoms with Crippen molar-refractivity contribution in [2.24, 2.45) is 0 Å². The van der Waals surface area contributed by atoms with Crippen molar-refractivity contribution in [2.45, 2.75) is 32.1 Å². The molecule has 3 heterocycles. The Morgan fingerprint density at radius 1 is 0.978 bits per heavy atom. The van der Waals surface area contributed by atoms with Gasteiger partial charge >= 0.3 is 5.97 Å². The fourth-order valence-electron chi connectivity index (χ4n) is 5.00. The molecule has 45 heavy (non-hydrogen) atoms. The summed E-state index contributed by atoms with van der Waals surface area (Å²) in [5.41, 5.74) is -1.11. The van der Waals surface area contributed by atoms with Crippen LogP contribution in [0.4, 0.5) is 22.0 Å². The smallest absolute Gasteiger partial charge is 0.335 e. The molecule has 0 bridgehead atoms. The molecule has 0 unspecified atom stereocenters. The van der Waals surface area contributed by atoms with Crippen molar-refractivity contribution < 1.29 is 41.3 Å². The second kappa shape index (κ2) is 12.0. The number of rotatable bonds is 9. The number of carbonyl (C=O) groups is 1. The highest BCUT2D eigenvalue weighted by Gasteiger charge is 2.25. The quantitative estimate of drug-likeness (QED) is 0.192. The van der Waals surface area contributed by atoms with Crippen molar-refractivity contribution in [3.63, 3.8) is 0 Å². The highest BCUT2D eigenvalue weighted by atomic mass is 19.1. The first-order chi connectivity index (χ1) is 21.6. The Bertz CT molecular complexity index is 2020. The Balaban J connectivity index is 1.28. The average molecular weight is 621 g/mol. The van der Waals surface area contributed by atoms with Gasteiger partial charge in [0.25, 0.3) is 0 Å². The summed E-state index contributed by atoms with van der Waals surface area (Å²) in [5, 5.41) is 18.2. The van der Waals surface area contributed by atoms with Gasteiger partial charge in [-0.25, -0.2) is 36.7 Å². The van der Waals surface area contributed by atoms with Crippen molar-refractivity contribution in [1.29, 1.82) is 5.26 Å². The van der Waals surface area contributed by atoms with E-state index in [1.807, 2.05) is 0 Å². The third-order valence-electron chi connectivity index (χ3n) is 7.43. The average Bonchev–Trinajstić information content (AvgIpc) is 3.34. The Morgan fingerprint density at radius 3 is 2.44 bits per heavy atom.